The third kappa shape index (κ3) is 2.40. The van der Waals surface area contributed by atoms with Crippen LogP contribution in [0.3, 0.4) is 0 Å². The third-order valence-electron chi connectivity index (χ3n) is 2.18. The van der Waals surface area contributed by atoms with E-state index in [9.17, 15) is 18.0 Å². The minimum absolute atomic E-state index is 0.0314. The van der Waals surface area contributed by atoms with Crippen molar-refractivity contribution in [2.24, 2.45) is 0 Å². The first-order valence-electron chi connectivity index (χ1n) is 4.77. The Morgan fingerprint density at radius 2 is 2.06 bits per heavy atom. The van der Waals surface area contributed by atoms with E-state index in [1.807, 2.05) is 0 Å². The van der Waals surface area contributed by atoms with Crippen LogP contribution in [0, 0.1) is 0 Å². The number of methoxy groups -OCH3 is 1. The van der Waals surface area contributed by atoms with Crippen LogP contribution in [0.1, 0.15) is 5.56 Å². The molecule has 0 unspecified atom stereocenters. The van der Waals surface area contributed by atoms with Crippen molar-refractivity contribution in [2.75, 3.05) is 7.11 Å². The number of fused-ring (bicyclic) bond motifs is 1. The summed E-state index contributed by atoms with van der Waals surface area (Å²) in [5.41, 5.74) is -0.746. The minimum Gasteiger partial charge on any atom is -0.437 e. The van der Waals surface area contributed by atoms with Gasteiger partial charge in [0, 0.05) is 6.07 Å². The van der Waals surface area contributed by atoms with Crippen molar-refractivity contribution in [1.29, 1.82) is 0 Å². The predicted octanol–water partition coefficient (Wildman–Crippen LogP) is 4.07. The molecule has 0 saturated heterocycles. The standard InChI is InChI=1S/C11H7F3O3S/c1-16-10(15)17-8-5-6-3-2-4-7(9(6)18-8)11(12,13)14/h2-5H,1H3. The summed E-state index contributed by atoms with van der Waals surface area (Å²) in [7, 11) is 1.12. The minimum atomic E-state index is -4.44. The highest BCUT2D eigenvalue weighted by Crippen LogP contribution is 2.41. The molecule has 2 aromatic rings. The number of rotatable bonds is 1. The lowest BCUT2D eigenvalue weighted by Gasteiger charge is -2.06. The Balaban J connectivity index is 2.48. The van der Waals surface area contributed by atoms with E-state index in [4.69, 9.17) is 4.74 Å². The van der Waals surface area contributed by atoms with Crippen molar-refractivity contribution in [3.63, 3.8) is 0 Å². The SMILES string of the molecule is COC(=O)Oc1cc2cccc(C(F)(F)F)c2s1. The predicted molar refractivity (Wildman–Crippen MR) is 59.9 cm³/mol. The number of halogens is 3. The molecule has 3 nitrogen and oxygen atoms in total. The van der Waals surface area contributed by atoms with E-state index in [-0.39, 0.29) is 9.76 Å². The van der Waals surface area contributed by atoms with Crippen molar-refractivity contribution >= 4 is 27.6 Å². The Morgan fingerprint density at radius 3 is 2.67 bits per heavy atom. The molecule has 0 amide bonds. The van der Waals surface area contributed by atoms with Gasteiger partial charge in [0.25, 0.3) is 0 Å². The largest absolute Gasteiger partial charge is 0.514 e. The summed E-state index contributed by atoms with van der Waals surface area (Å²) in [5.74, 6) is 0. The van der Waals surface area contributed by atoms with Crippen LogP contribution in [-0.2, 0) is 10.9 Å². The summed E-state index contributed by atoms with van der Waals surface area (Å²) in [6.45, 7) is 0. The third-order valence-corrected chi connectivity index (χ3v) is 3.24. The van der Waals surface area contributed by atoms with E-state index in [1.165, 1.54) is 18.2 Å². The van der Waals surface area contributed by atoms with Crippen molar-refractivity contribution in [2.45, 2.75) is 6.18 Å². The van der Waals surface area contributed by atoms with Crippen molar-refractivity contribution in [3.8, 4) is 5.06 Å². The zero-order valence-corrected chi connectivity index (χ0v) is 9.89. The lowest BCUT2D eigenvalue weighted by molar-refractivity contribution is -0.136. The Kier molecular flexibility index (Phi) is 3.16. The highest BCUT2D eigenvalue weighted by Gasteiger charge is 2.33. The molecule has 0 aliphatic heterocycles. The van der Waals surface area contributed by atoms with Crippen molar-refractivity contribution in [3.05, 3.63) is 29.8 Å². The van der Waals surface area contributed by atoms with E-state index < -0.39 is 17.9 Å². The molecule has 96 valence electrons. The van der Waals surface area contributed by atoms with Gasteiger partial charge in [-0.1, -0.05) is 23.5 Å². The molecule has 0 bridgehead atoms. The average molecular weight is 276 g/mol. The quantitative estimate of drug-likeness (QED) is 0.737. The Bertz CT molecular complexity index is 589. The van der Waals surface area contributed by atoms with Crippen LogP contribution < -0.4 is 4.74 Å². The maximum Gasteiger partial charge on any atom is 0.514 e. The summed E-state index contributed by atoms with van der Waals surface area (Å²) in [5, 5.41) is 0.433. The van der Waals surface area contributed by atoms with Gasteiger partial charge >= 0.3 is 12.3 Å². The number of carbonyl (C=O) groups excluding carboxylic acids is 1. The van der Waals surface area contributed by atoms with E-state index in [0.717, 1.165) is 24.5 Å². The van der Waals surface area contributed by atoms with Gasteiger partial charge in [0.15, 0.2) is 5.06 Å². The van der Waals surface area contributed by atoms with Crippen molar-refractivity contribution in [1.82, 2.24) is 0 Å². The van der Waals surface area contributed by atoms with Gasteiger partial charge in [-0.25, -0.2) is 4.79 Å². The summed E-state index contributed by atoms with van der Waals surface area (Å²) in [6.07, 6.45) is -5.40. The van der Waals surface area contributed by atoms with Crippen LogP contribution in [-0.4, -0.2) is 13.3 Å². The lowest BCUT2D eigenvalue weighted by atomic mass is 10.1. The first-order valence-corrected chi connectivity index (χ1v) is 5.59. The molecular formula is C11H7F3O3S. The molecule has 7 heteroatoms. The highest BCUT2D eigenvalue weighted by molar-refractivity contribution is 7.21. The molecule has 0 N–H and O–H groups in total. The molecular weight excluding hydrogens is 269 g/mol. The van der Waals surface area contributed by atoms with Crippen LogP contribution in [0.15, 0.2) is 24.3 Å². The molecule has 0 aliphatic carbocycles. The van der Waals surface area contributed by atoms with Crippen LogP contribution in [0.5, 0.6) is 5.06 Å². The van der Waals surface area contributed by atoms with Gasteiger partial charge in [0.05, 0.1) is 17.4 Å². The number of carbonyl (C=O) groups is 1. The first kappa shape index (κ1) is 12.7. The van der Waals surface area contributed by atoms with E-state index in [0.29, 0.717) is 5.39 Å². The molecule has 1 aromatic heterocycles. The van der Waals surface area contributed by atoms with Gasteiger partial charge in [0.2, 0.25) is 0 Å². The fourth-order valence-electron chi connectivity index (χ4n) is 1.44. The second-order valence-corrected chi connectivity index (χ2v) is 4.36. The van der Waals surface area contributed by atoms with E-state index in [1.54, 1.807) is 0 Å². The molecule has 0 atom stereocenters. The van der Waals surface area contributed by atoms with Gasteiger partial charge in [-0.15, -0.1) is 0 Å². The number of thiophene rings is 1. The Hall–Kier alpha value is -1.76. The lowest BCUT2D eigenvalue weighted by Crippen LogP contribution is -2.05. The molecule has 0 aliphatic rings. The second kappa shape index (κ2) is 4.49. The number of hydrogen-bond donors (Lipinski definition) is 0. The Morgan fingerprint density at radius 1 is 1.33 bits per heavy atom. The van der Waals surface area contributed by atoms with Crippen LogP contribution in [0.25, 0.3) is 10.1 Å². The molecule has 1 aromatic carbocycles. The first-order chi connectivity index (χ1) is 8.41. The van der Waals surface area contributed by atoms with Gasteiger partial charge in [-0.05, 0) is 11.5 Å². The summed E-state index contributed by atoms with van der Waals surface area (Å²) >= 11 is 0.751. The average Bonchev–Trinajstić information content (AvgIpc) is 2.68. The zero-order valence-electron chi connectivity index (χ0n) is 9.08. The normalized spacial score (nSPS) is 11.6. The highest BCUT2D eigenvalue weighted by atomic mass is 32.1. The molecule has 2 rings (SSSR count). The van der Waals surface area contributed by atoms with Crippen LogP contribution in [0.2, 0.25) is 0 Å². The zero-order chi connectivity index (χ0) is 13.3. The number of alkyl halides is 3. The molecule has 0 saturated carbocycles. The summed E-state index contributed by atoms with van der Waals surface area (Å²) in [6, 6.07) is 5.18. The van der Waals surface area contributed by atoms with Crippen LogP contribution in [0.4, 0.5) is 18.0 Å². The van der Waals surface area contributed by atoms with Gasteiger partial charge in [-0.2, -0.15) is 13.2 Å². The Labute approximate surface area is 104 Å². The molecule has 0 spiro atoms. The topological polar surface area (TPSA) is 35.5 Å². The molecule has 0 fully saturated rings. The fraction of sp³-hybridized carbons (Fsp3) is 0.182. The molecule has 1 heterocycles. The van der Waals surface area contributed by atoms with E-state index in [2.05, 4.69) is 4.74 Å². The van der Waals surface area contributed by atoms with Gasteiger partial charge in [-0.3, -0.25) is 0 Å². The maximum atomic E-state index is 12.7. The summed E-state index contributed by atoms with van der Waals surface area (Å²) < 4.78 is 47.2. The second-order valence-electron chi connectivity index (χ2n) is 3.34. The van der Waals surface area contributed by atoms with Gasteiger partial charge in [0.1, 0.15) is 0 Å². The fourth-order valence-corrected chi connectivity index (χ4v) is 2.47. The smallest absolute Gasteiger partial charge is 0.437 e. The van der Waals surface area contributed by atoms with Crippen LogP contribution >= 0.6 is 11.3 Å². The number of hydrogen-bond acceptors (Lipinski definition) is 4. The molecule has 0 radical (unpaired) electrons. The van der Waals surface area contributed by atoms with Gasteiger partial charge < -0.3 is 9.47 Å². The number of ether oxygens (including phenoxy) is 2. The number of benzene rings is 1. The van der Waals surface area contributed by atoms with E-state index >= 15 is 0 Å². The molecule has 18 heavy (non-hydrogen) atoms. The monoisotopic (exact) mass is 276 g/mol. The summed E-state index contributed by atoms with van der Waals surface area (Å²) in [4.78, 5) is 10.9. The maximum absolute atomic E-state index is 12.7. The van der Waals surface area contributed by atoms with Crippen molar-refractivity contribution < 1.29 is 27.4 Å².